The molecule has 0 heterocycles. The van der Waals surface area contributed by atoms with Gasteiger partial charge in [-0.1, -0.05) is 46.6 Å². The minimum atomic E-state index is 0.721. The van der Waals surface area contributed by atoms with Crippen LogP contribution in [0.5, 0.6) is 0 Å². The van der Waals surface area contributed by atoms with E-state index in [0.717, 1.165) is 38.9 Å². The highest BCUT2D eigenvalue weighted by Crippen LogP contribution is 2.08. The van der Waals surface area contributed by atoms with Crippen molar-refractivity contribution in [2.45, 2.75) is 67.2 Å². The minimum Gasteiger partial charge on any atom is -0.373 e. The fourth-order valence-corrected chi connectivity index (χ4v) is 1.85. The Balaban J connectivity index is 3.78. The van der Waals surface area contributed by atoms with E-state index in [1.807, 2.05) is 0 Å². The van der Waals surface area contributed by atoms with Gasteiger partial charge in [-0.15, -0.1) is 0 Å². The van der Waals surface area contributed by atoms with Crippen molar-refractivity contribution < 1.29 is 4.74 Å². The molecule has 0 spiro atoms. The lowest BCUT2D eigenvalue weighted by molar-refractivity contribution is 0.192. The summed E-state index contributed by atoms with van der Waals surface area (Å²) in [5, 5.41) is 0. The van der Waals surface area contributed by atoms with Crippen LogP contribution in [0.1, 0.15) is 67.2 Å². The van der Waals surface area contributed by atoms with Gasteiger partial charge in [-0.25, -0.2) is 0 Å². The maximum Gasteiger partial charge on any atom is 0.0654 e. The van der Waals surface area contributed by atoms with Gasteiger partial charge in [0, 0.05) is 0 Å². The molecule has 0 N–H and O–H groups in total. The van der Waals surface area contributed by atoms with Crippen LogP contribution in [0.2, 0.25) is 0 Å². The molecule has 0 aliphatic carbocycles. The molecule has 0 fully saturated rings. The third kappa shape index (κ3) is 15.1. The second-order valence-electron chi connectivity index (χ2n) is 6.28. The molecule has 21 heavy (non-hydrogen) atoms. The van der Waals surface area contributed by atoms with E-state index in [0.29, 0.717) is 0 Å². The van der Waals surface area contributed by atoms with Gasteiger partial charge < -0.3 is 4.74 Å². The van der Waals surface area contributed by atoms with E-state index in [1.54, 1.807) is 0 Å². The molecule has 0 rings (SSSR count). The van der Waals surface area contributed by atoms with Crippen LogP contribution in [0, 0.1) is 0 Å². The fourth-order valence-electron chi connectivity index (χ4n) is 1.85. The third-order valence-corrected chi connectivity index (χ3v) is 3.28. The molecule has 0 saturated heterocycles. The van der Waals surface area contributed by atoms with E-state index in [9.17, 15) is 0 Å². The zero-order valence-corrected chi connectivity index (χ0v) is 15.0. The largest absolute Gasteiger partial charge is 0.373 e. The fraction of sp³-hybridized carbons (Fsp3) is 0.600. The maximum absolute atomic E-state index is 5.65. The van der Waals surface area contributed by atoms with Crippen LogP contribution < -0.4 is 0 Å². The van der Waals surface area contributed by atoms with Crippen molar-refractivity contribution in [2.24, 2.45) is 0 Å². The molecular weight excluding hydrogens is 256 g/mol. The Morgan fingerprint density at radius 2 is 1.00 bits per heavy atom. The quantitative estimate of drug-likeness (QED) is 0.334. The van der Waals surface area contributed by atoms with E-state index < -0.39 is 0 Å². The van der Waals surface area contributed by atoms with Crippen LogP contribution in [0.25, 0.3) is 0 Å². The summed E-state index contributed by atoms with van der Waals surface area (Å²) < 4.78 is 5.65. The lowest BCUT2D eigenvalue weighted by Gasteiger charge is -2.02. The Bertz CT molecular complexity index is 348. The van der Waals surface area contributed by atoms with Gasteiger partial charge in [0.15, 0.2) is 0 Å². The monoisotopic (exact) mass is 290 g/mol. The van der Waals surface area contributed by atoms with Gasteiger partial charge in [0.25, 0.3) is 0 Å². The standard InChI is InChI=1S/C20H34O/c1-17(2)9-7-11-19(5)13-15-21-16-14-20(6)12-8-10-18(3)4/h9-10,13-14H,7-8,11-12,15-16H2,1-6H3/b19-13-,20-14-. The van der Waals surface area contributed by atoms with Crippen molar-refractivity contribution in [2.75, 3.05) is 13.2 Å². The van der Waals surface area contributed by atoms with Crippen molar-refractivity contribution in [1.82, 2.24) is 0 Å². The number of ether oxygens (including phenoxy) is 1. The van der Waals surface area contributed by atoms with Gasteiger partial charge in [0.1, 0.15) is 0 Å². The summed E-state index contributed by atoms with van der Waals surface area (Å²) >= 11 is 0. The molecule has 0 aromatic heterocycles. The number of hydrogen-bond acceptors (Lipinski definition) is 1. The molecule has 0 amide bonds. The van der Waals surface area contributed by atoms with E-state index in [1.165, 1.54) is 22.3 Å². The highest BCUT2D eigenvalue weighted by molar-refractivity contribution is 5.03. The van der Waals surface area contributed by atoms with E-state index >= 15 is 0 Å². The molecule has 120 valence electrons. The summed E-state index contributed by atoms with van der Waals surface area (Å²) in [6, 6.07) is 0. The van der Waals surface area contributed by atoms with Crippen molar-refractivity contribution >= 4 is 0 Å². The first kappa shape index (κ1) is 19.9. The zero-order valence-electron chi connectivity index (χ0n) is 15.0. The minimum absolute atomic E-state index is 0.721. The molecule has 1 nitrogen and oxygen atoms in total. The van der Waals surface area contributed by atoms with E-state index in [2.05, 4.69) is 65.8 Å². The topological polar surface area (TPSA) is 9.23 Å². The van der Waals surface area contributed by atoms with Crippen LogP contribution in [-0.2, 0) is 4.74 Å². The van der Waals surface area contributed by atoms with E-state index in [-0.39, 0.29) is 0 Å². The molecule has 0 aliphatic rings. The Labute approximate surface area is 132 Å². The van der Waals surface area contributed by atoms with Gasteiger partial charge >= 0.3 is 0 Å². The highest BCUT2D eigenvalue weighted by Gasteiger charge is 1.91. The van der Waals surface area contributed by atoms with Crippen LogP contribution in [0.4, 0.5) is 0 Å². The molecule has 0 bridgehead atoms. The predicted octanol–water partition coefficient (Wildman–Crippen LogP) is 6.39. The zero-order chi connectivity index (χ0) is 16.1. The van der Waals surface area contributed by atoms with Gasteiger partial charge in [0.2, 0.25) is 0 Å². The Morgan fingerprint density at radius 3 is 1.33 bits per heavy atom. The molecule has 0 aromatic carbocycles. The molecule has 0 aliphatic heterocycles. The summed E-state index contributed by atoms with van der Waals surface area (Å²) in [6.45, 7) is 14.4. The Kier molecular flexibility index (Phi) is 12.0. The molecule has 0 radical (unpaired) electrons. The highest BCUT2D eigenvalue weighted by atomic mass is 16.5. The summed E-state index contributed by atoms with van der Waals surface area (Å²) in [6.07, 6.45) is 13.5. The number of hydrogen-bond donors (Lipinski definition) is 0. The second kappa shape index (κ2) is 12.6. The average Bonchev–Trinajstić information content (AvgIpc) is 2.37. The summed E-state index contributed by atoms with van der Waals surface area (Å²) in [4.78, 5) is 0. The SMILES string of the molecule is CC(C)=CCC/C(C)=C\COC/C=C(/C)CCC=C(C)C. The van der Waals surface area contributed by atoms with Crippen molar-refractivity contribution in [1.29, 1.82) is 0 Å². The van der Waals surface area contributed by atoms with E-state index in [4.69, 9.17) is 4.74 Å². The van der Waals surface area contributed by atoms with Gasteiger partial charge in [-0.05, 0) is 67.2 Å². The Hall–Kier alpha value is -1.08. The lowest BCUT2D eigenvalue weighted by atomic mass is 10.1. The summed E-state index contributed by atoms with van der Waals surface area (Å²) in [5.41, 5.74) is 5.62. The second-order valence-corrected chi connectivity index (χ2v) is 6.28. The smallest absolute Gasteiger partial charge is 0.0654 e. The van der Waals surface area contributed by atoms with Crippen LogP contribution in [-0.4, -0.2) is 13.2 Å². The van der Waals surface area contributed by atoms with Gasteiger partial charge in [-0.2, -0.15) is 0 Å². The predicted molar refractivity (Wildman–Crippen MR) is 95.7 cm³/mol. The van der Waals surface area contributed by atoms with Crippen molar-refractivity contribution in [3.63, 3.8) is 0 Å². The molecule has 0 saturated carbocycles. The van der Waals surface area contributed by atoms with Gasteiger partial charge in [0.05, 0.1) is 13.2 Å². The molecule has 0 unspecified atom stereocenters. The first-order valence-electron chi connectivity index (χ1n) is 8.07. The van der Waals surface area contributed by atoms with Crippen LogP contribution >= 0.6 is 0 Å². The molecule has 1 heteroatoms. The first-order valence-corrected chi connectivity index (χ1v) is 8.07. The summed E-state index contributed by atoms with van der Waals surface area (Å²) in [5.74, 6) is 0. The third-order valence-electron chi connectivity index (χ3n) is 3.28. The normalized spacial score (nSPS) is 12.3. The summed E-state index contributed by atoms with van der Waals surface area (Å²) in [7, 11) is 0. The van der Waals surface area contributed by atoms with Crippen molar-refractivity contribution in [3.8, 4) is 0 Å². The molecular formula is C20H34O. The number of rotatable bonds is 10. The lowest BCUT2D eigenvalue weighted by Crippen LogP contribution is -1.93. The van der Waals surface area contributed by atoms with Crippen LogP contribution in [0.3, 0.4) is 0 Å². The van der Waals surface area contributed by atoms with Gasteiger partial charge in [-0.3, -0.25) is 0 Å². The maximum atomic E-state index is 5.65. The number of allylic oxidation sites excluding steroid dienone is 6. The average molecular weight is 290 g/mol. The Morgan fingerprint density at radius 1 is 0.619 bits per heavy atom. The molecule has 0 aromatic rings. The molecule has 0 atom stereocenters. The van der Waals surface area contributed by atoms with Crippen LogP contribution in [0.15, 0.2) is 46.6 Å². The first-order chi connectivity index (χ1) is 9.91. The van der Waals surface area contributed by atoms with Crippen molar-refractivity contribution in [3.05, 3.63) is 46.6 Å².